The largest absolute Gasteiger partial charge is 0.484 e. The molecule has 0 aliphatic carbocycles. The Labute approximate surface area is 195 Å². The molecule has 7 nitrogen and oxygen atoms in total. The second-order valence-electron chi connectivity index (χ2n) is 7.99. The van der Waals surface area contributed by atoms with Crippen molar-refractivity contribution < 1.29 is 17.9 Å². The van der Waals surface area contributed by atoms with Gasteiger partial charge in [-0.15, -0.1) is 0 Å². The minimum Gasteiger partial charge on any atom is -0.484 e. The van der Waals surface area contributed by atoms with Gasteiger partial charge in [0.1, 0.15) is 5.75 Å². The average Bonchev–Trinajstić information content (AvgIpc) is 2.79. The Kier molecular flexibility index (Phi) is 8.03. The molecule has 1 atom stereocenters. The first kappa shape index (κ1) is 24.4. The Bertz CT molecular complexity index is 1040. The van der Waals surface area contributed by atoms with Crippen LogP contribution in [0.2, 0.25) is 5.02 Å². The van der Waals surface area contributed by atoms with E-state index in [2.05, 4.69) is 9.62 Å². The summed E-state index contributed by atoms with van der Waals surface area (Å²) in [4.78, 5) is 16.8. The Morgan fingerprint density at radius 3 is 2.41 bits per heavy atom. The van der Waals surface area contributed by atoms with Crippen LogP contribution in [0.4, 0.5) is 5.69 Å². The highest BCUT2D eigenvalue weighted by Gasteiger charge is 2.23. The van der Waals surface area contributed by atoms with Crippen LogP contribution in [-0.4, -0.2) is 58.1 Å². The minimum atomic E-state index is -3.56. The highest BCUT2D eigenvalue weighted by molar-refractivity contribution is 7.89. The zero-order valence-electron chi connectivity index (χ0n) is 18.7. The van der Waals surface area contributed by atoms with Crippen LogP contribution < -0.4 is 14.4 Å². The average molecular weight is 480 g/mol. The minimum absolute atomic E-state index is 0.0899. The number of aryl methyl sites for hydroxylation is 1. The SMILES string of the molecule is CC[C@H](C)NS(=O)(=O)c1ccc(OCC(=O)N2CCN(c3cc(Cl)ccc3C)CC2)cc1. The van der Waals surface area contributed by atoms with E-state index in [0.717, 1.165) is 24.3 Å². The van der Waals surface area contributed by atoms with E-state index in [0.29, 0.717) is 30.3 Å². The molecule has 0 spiro atoms. The molecule has 9 heteroatoms. The molecule has 2 aromatic carbocycles. The molecule has 1 amide bonds. The van der Waals surface area contributed by atoms with Crippen LogP contribution in [-0.2, 0) is 14.8 Å². The molecule has 2 aromatic rings. The lowest BCUT2D eigenvalue weighted by molar-refractivity contribution is -0.133. The first-order chi connectivity index (χ1) is 15.2. The molecule has 0 radical (unpaired) electrons. The smallest absolute Gasteiger partial charge is 0.260 e. The zero-order chi connectivity index (χ0) is 23.3. The number of piperazine rings is 1. The Balaban J connectivity index is 1.50. The van der Waals surface area contributed by atoms with Gasteiger partial charge in [-0.2, -0.15) is 0 Å². The molecular formula is C23H30ClN3O4S. The molecule has 174 valence electrons. The molecule has 1 aliphatic rings. The van der Waals surface area contributed by atoms with Crippen LogP contribution in [0.3, 0.4) is 0 Å². The van der Waals surface area contributed by atoms with Crippen molar-refractivity contribution in [1.82, 2.24) is 9.62 Å². The number of sulfonamides is 1. The maximum Gasteiger partial charge on any atom is 0.260 e. The third-order valence-corrected chi connectivity index (χ3v) is 7.45. The van der Waals surface area contributed by atoms with Crippen molar-refractivity contribution in [2.75, 3.05) is 37.7 Å². The molecule has 1 aliphatic heterocycles. The molecule has 0 aromatic heterocycles. The first-order valence-electron chi connectivity index (χ1n) is 10.7. The van der Waals surface area contributed by atoms with E-state index >= 15 is 0 Å². The standard InChI is InChI=1S/C23H30ClN3O4S/c1-4-18(3)25-32(29,30)21-9-7-20(8-10-21)31-16-23(28)27-13-11-26(12-14-27)22-15-19(24)6-5-17(22)2/h5-10,15,18,25H,4,11-14,16H2,1-3H3/t18-/m0/s1. The lowest BCUT2D eigenvalue weighted by Gasteiger charge is -2.36. The lowest BCUT2D eigenvalue weighted by atomic mass is 10.1. The molecular weight excluding hydrogens is 450 g/mol. The summed E-state index contributed by atoms with van der Waals surface area (Å²) in [5.41, 5.74) is 2.25. The van der Waals surface area contributed by atoms with Gasteiger partial charge in [0.2, 0.25) is 10.0 Å². The van der Waals surface area contributed by atoms with E-state index in [1.807, 2.05) is 39.0 Å². The van der Waals surface area contributed by atoms with E-state index in [9.17, 15) is 13.2 Å². The van der Waals surface area contributed by atoms with Gasteiger partial charge < -0.3 is 14.5 Å². The molecule has 1 N–H and O–H groups in total. The van der Waals surface area contributed by atoms with Crippen molar-refractivity contribution in [3.05, 3.63) is 53.1 Å². The predicted octanol–water partition coefficient (Wildman–Crippen LogP) is 3.45. The van der Waals surface area contributed by atoms with Crippen molar-refractivity contribution >= 4 is 33.2 Å². The van der Waals surface area contributed by atoms with Gasteiger partial charge >= 0.3 is 0 Å². The van der Waals surface area contributed by atoms with Crippen LogP contribution in [0.15, 0.2) is 47.4 Å². The summed E-state index contributed by atoms with van der Waals surface area (Å²) < 4.78 is 32.9. The fourth-order valence-electron chi connectivity index (χ4n) is 3.49. The number of nitrogens with one attached hydrogen (secondary N) is 1. The molecule has 0 saturated carbocycles. The number of halogens is 1. The maximum absolute atomic E-state index is 12.6. The van der Waals surface area contributed by atoms with E-state index in [1.165, 1.54) is 12.1 Å². The number of nitrogens with zero attached hydrogens (tertiary/aromatic N) is 2. The van der Waals surface area contributed by atoms with Crippen LogP contribution in [0.1, 0.15) is 25.8 Å². The maximum atomic E-state index is 12.6. The predicted molar refractivity (Wildman–Crippen MR) is 127 cm³/mol. The number of ether oxygens (including phenoxy) is 1. The fraction of sp³-hybridized carbons (Fsp3) is 0.435. The van der Waals surface area contributed by atoms with Gasteiger partial charge in [-0.3, -0.25) is 4.79 Å². The first-order valence-corrected chi connectivity index (χ1v) is 12.6. The summed E-state index contributed by atoms with van der Waals surface area (Å²) in [7, 11) is -3.56. The van der Waals surface area contributed by atoms with Crippen LogP contribution in [0.25, 0.3) is 0 Å². The lowest BCUT2D eigenvalue weighted by Crippen LogP contribution is -2.50. The van der Waals surface area contributed by atoms with E-state index in [1.54, 1.807) is 17.0 Å². The number of amides is 1. The Hall–Kier alpha value is -2.29. The fourth-order valence-corrected chi connectivity index (χ4v) is 4.98. The Morgan fingerprint density at radius 2 is 1.78 bits per heavy atom. The highest BCUT2D eigenvalue weighted by Crippen LogP contribution is 2.25. The molecule has 3 rings (SSSR count). The highest BCUT2D eigenvalue weighted by atomic mass is 35.5. The van der Waals surface area contributed by atoms with Crippen molar-refractivity contribution in [3.63, 3.8) is 0 Å². The summed E-state index contributed by atoms with van der Waals surface area (Å²) in [5, 5.41) is 0.701. The van der Waals surface area contributed by atoms with Crippen molar-refractivity contribution in [2.24, 2.45) is 0 Å². The summed E-state index contributed by atoms with van der Waals surface area (Å²) >= 11 is 6.13. The van der Waals surface area contributed by atoms with Crippen molar-refractivity contribution in [2.45, 2.75) is 38.1 Å². The van der Waals surface area contributed by atoms with Gasteiger partial charge in [0.15, 0.2) is 6.61 Å². The Morgan fingerprint density at radius 1 is 1.12 bits per heavy atom. The number of hydrogen-bond donors (Lipinski definition) is 1. The molecule has 1 saturated heterocycles. The summed E-state index contributed by atoms with van der Waals surface area (Å²) in [6.45, 7) is 8.35. The monoisotopic (exact) mass is 479 g/mol. The number of carbonyl (C=O) groups excluding carboxylic acids is 1. The van der Waals surface area contributed by atoms with Crippen LogP contribution >= 0.6 is 11.6 Å². The molecule has 0 bridgehead atoms. The number of carbonyl (C=O) groups is 1. The summed E-state index contributed by atoms with van der Waals surface area (Å²) in [6, 6.07) is 11.8. The normalized spacial score (nSPS) is 15.5. The van der Waals surface area contributed by atoms with Gasteiger partial charge in [-0.1, -0.05) is 24.6 Å². The topological polar surface area (TPSA) is 78.9 Å². The molecule has 0 unspecified atom stereocenters. The second kappa shape index (κ2) is 10.6. The van der Waals surface area contributed by atoms with Gasteiger partial charge in [0.05, 0.1) is 4.90 Å². The van der Waals surface area contributed by atoms with Crippen LogP contribution in [0, 0.1) is 6.92 Å². The van der Waals surface area contributed by atoms with Gasteiger partial charge in [-0.25, -0.2) is 13.1 Å². The number of rotatable bonds is 8. The molecule has 1 heterocycles. The summed E-state index contributed by atoms with van der Waals surface area (Å²) in [5.74, 6) is 0.358. The second-order valence-corrected chi connectivity index (χ2v) is 10.1. The van der Waals surface area contributed by atoms with Gasteiger partial charge in [-0.05, 0) is 62.2 Å². The number of benzene rings is 2. The van der Waals surface area contributed by atoms with Gasteiger partial charge in [0.25, 0.3) is 5.91 Å². The van der Waals surface area contributed by atoms with Crippen LogP contribution in [0.5, 0.6) is 5.75 Å². The molecule has 1 fully saturated rings. The van der Waals surface area contributed by atoms with E-state index in [-0.39, 0.29) is 23.5 Å². The summed E-state index contributed by atoms with van der Waals surface area (Å²) in [6.07, 6.45) is 0.704. The number of anilines is 1. The molecule has 32 heavy (non-hydrogen) atoms. The van der Waals surface area contributed by atoms with Gasteiger partial charge in [0, 0.05) is 42.9 Å². The quantitative estimate of drug-likeness (QED) is 0.627. The van der Waals surface area contributed by atoms with E-state index < -0.39 is 10.0 Å². The zero-order valence-corrected chi connectivity index (χ0v) is 20.2. The third-order valence-electron chi connectivity index (χ3n) is 5.61. The van der Waals surface area contributed by atoms with Crippen molar-refractivity contribution in [3.8, 4) is 5.75 Å². The van der Waals surface area contributed by atoms with Crippen molar-refractivity contribution in [1.29, 1.82) is 0 Å². The van der Waals surface area contributed by atoms with E-state index in [4.69, 9.17) is 16.3 Å². The third kappa shape index (κ3) is 6.15. The number of hydrogen-bond acceptors (Lipinski definition) is 5.